The van der Waals surface area contributed by atoms with Crippen molar-refractivity contribution in [2.75, 3.05) is 6.61 Å². The molecule has 0 aliphatic heterocycles. The molecule has 5 heteroatoms. The molecule has 0 amide bonds. The highest BCUT2D eigenvalue weighted by atomic mass is 79.9. The van der Waals surface area contributed by atoms with Crippen molar-refractivity contribution in [1.82, 2.24) is 0 Å². The van der Waals surface area contributed by atoms with Gasteiger partial charge in [0.25, 0.3) is 5.69 Å². The predicted molar refractivity (Wildman–Crippen MR) is 63.8 cm³/mol. The number of hydrogen-bond acceptors (Lipinski definition) is 3. The second-order valence-electron chi connectivity index (χ2n) is 4.03. The van der Waals surface area contributed by atoms with Crippen molar-refractivity contribution in [2.45, 2.75) is 19.8 Å². The molecule has 0 radical (unpaired) electrons. The van der Waals surface area contributed by atoms with E-state index in [4.69, 9.17) is 4.74 Å². The molecular formula is C11H12BrNO3. The Balaban J connectivity index is 2.19. The van der Waals surface area contributed by atoms with Gasteiger partial charge in [-0.3, -0.25) is 10.1 Å². The third-order valence-electron chi connectivity index (χ3n) is 2.69. The van der Waals surface area contributed by atoms with E-state index in [-0.39, 0.29) is 10.6 Å². The standard InChI is InChI=1S/C11H12BrNO3/c1-7-9(13(14)15)4-5-10(11(7)12)16-6-8-2-3-8/h4-5,8H,2-3,6H2,1H3. The molecule has 0 saturated heterocycles. The highest BCUT2D eigenvalue weighted by Crippen LogP contribution is 2.36. The van der Waals surface area contributed by atoms with Crippen molar-refractivity contribution < 1.29 is 9.66 Å². The molecule has 0 atom stereocenters. The fraction of sp³-hybridized carbons (Fsp3) is 0.455. The Kier molecular flexibility index (Phi) is 3.14. The van der Waals surface area contributed by atoms with Gasteiger partial charge in [-0.15, -0.1) is 0 Å². The van der Waals surface area contributed by atoms with Crippen LogP contribution in [-0.2, 0) is 0 Å². The summed E-state index contributed by atoms with van der Waals surface area (Å²) in [6, 6.07) is 3.14. The van der Waals surface area contributed by atoms with Gasteiger partial charge in [0, 0.05) is 11.6 Å². The number of benzene rings is 1. The molecule has 0 bridgehead atoms. The van der Waals surface area contributed by atoms with Crippen LogP contribution in [0.1, 0.15) is 18.4 Å². The van der Waals surface area contributed by atoms with Crippen LogP contribution < -0.4 is 4.74 Å². The lowest BCUT2D eigenvalue weighted by Gasteiger charge is -2.09. The Hall–Kier alpha value is -1.10. The summed E-state index contributed by atoms with van der Waals surface area (Å²) < 4.78 is 6.29. The Labute approximate surface area is 102 Å². The third-order valence-corrected chi connectivity index (χ3v) is 3.68. The number of nitro benzene ring substituents is 1. The van der Waals surface area contributed by atoms with Crippen molar-refractivity contribution in [3.8, 4) is 5.75 Å². The van der Waals surface area contributed by atoms with Crippen molar-refractivity contribution in [1.29, 1.82) is 0 Å². The van der Waals surface area contributed by atoms with Crippen LogP contribution in [0.2, 0.25) is 0 Å². The summed E-state index contributed by atoms with van der Waals surface area (Å²) in [5.41, 5.74) is 0.726. The molecule has 1 saturated carbocycles. The Morgan fingerprint density at radius 1 is 1.56 bits per heavy atom. The topological polar surface area (TPSA) is 52.4 Å². The molecule has 86 valence electrons. The number of nitrogens with zero attached hydrogens (tertiary/aromatic N) is 1. The molecule has 4 nitrogen and oxygen atoms in total. The van der Waals surface area contributed by atoms with Crippen LogP contribution in [0.3, 0.4) is 0 Å². The fourth-order valence-corrected chi connectivity index (χ4v) is 1.90. The molecule has 0 aromatic heterocycles. The average Bonchev–Trinajstić information content (AvgIpc) is 3.03. The molecule has 1 aromatic carbocycles. The van der Waals surface area contributed by atoms with E-state index in [1.54, 1.807) is 13.0 Å². The minimum Gasteiger partial charge on any atom is -0.492 e. The van der Waals surface area contributed by atoms with E-state index >= 15 is 0 Å². The first kappa shape index (κ1) is 11.4. The van der Waals surface area contributed by atoms with Gasteiger partial charge < -0.3 is 4.74 Å². The van der Waals surface area contributed by atoms with Crippen molar-refractivity contribution in [3.63, 3.8) is 0 Å². The van der Waals surface area contributed by atoms with Crippen LogP contribution in [-0.4, -0.2) is 11.5 Å². The maximum absolute atomic E-state index is 10.7. The van der Waals surface area contributed by atoms with Crippen LogP contribution in [0.25, 0.3) is 0 Å². The summed E-state index contributed by atoms with van der Waals surface area (Å²) in [6.45, 7) is 2.42. The first-order valence-corrected chi connectivity index (χ1v) is 5.95. The number of halogens is 1. The zero-order chi connectivity index (χ0) is 11.7. The summed E-state index contributed by atoms with van der Waals surface area (Å²) in [5, 5.41) is 10.7. The van der Waals surface area contributed by atoms with Crippen LogP contribution >= 0.6 is 15.9 Å². The zero-order valence-corrected chi connectivity index (χ0v) is 10.5. The lowest BCUT2D eigenvalue weighted by Crippen LogP contribution is -2.01. The van der Waals surface area contributed by atoms with E-state index in [0.29, 0.717) is 28.3 Å². The van der Waals surface area contributed by atoms with Gasteiger partial charge in [0.1, 0.15) is 5.75 Å². The largest absolute Gasteiger partial charge is 0.492 e. The van der Waals surface area contributed by atoms with E-state index in [1.807, 2.05) is 0 Å². The van der Waals surface area contributed by atoms with E-state index < -0.39 is 0 Å². The molecule has 0 spiro atoms. The van der Waals surface area contributed by atoms with Crippen LogP contribution in [0.4, 0.5) is 5.69 Å². The van der Waals surface area contributed by atoms with Gasteiger partial charge in [0.05, 0.1) is 16.0 Å². The van der Waals surface area contributed by atoms with Crippen LogP contribution in [0.15, 0.2) is 16.6 Å². The minimum absolute atomic E-state index is 0.116. The minimum atomic E-state index is -0.384. The summed E-state index contributed by atoms with van der Waals surface area (Å²) >= 11 is 3.34. The maximum atomic E-state index is 10.7. The molecule has 0 heterocycles. The Morgan fingerprint density at radius 2 is 2.25 bits per heavy atom. The van der Waals surface area contributed by atoms with Gasteiger partial charge in [-0.1, -0.05) is 0 Å². The SMILES string of the molecule is Cc1c([N+](=O)[O-])ccc(OCC2CC2)c1Br. The molecule has 1 aliphatic rings. The van der Waals surface area contributed by atoms with Crippen molar-refractivity contribution in [3.05, 3.63) is 32.3 Å². The van der Waals surface area contributed by atoms with Crippen LogP contribution in [0, 0.1) is 23.0 Å². The molecule has 1 fully saturated rings. The zero-order valence-electron chi connectivity index (χ0n) is 8.90. The highest BCUT2D eigenvalue weighted by molar-refractivity contribution is 9.10. The van der Waals surface area contributed by atoms with Gasteiger partial charge in [-0.2, -0.15) is 0 Å². The number of rotatable bonds is 4. The van der Waals surface area contributed by atoms with E-state index in [0.717, 1.165) is 0 Å². The summed E-state index contributed by atoms with van der Waals surface area (Å²) in [7, 11) is 0. The molecule has 1 aromatic rings. The quantitative estimate of drug-likeness (QED) is 0.629. The molecule has 16 heavy (non-hydrogen) atoms. The van der Waals surface area contributed by atoms with Gasteiger partial charge >= 0.3 is 0 Å². The number of nitro groups is 1. The highest BCUT2D eigenvalue weighted by Gasteiger charge is 2.23. The lowest BCUT2D eigenvalue weighted by molar-refractivity contribution is -0.385. The molecule has 0 unspecified atom stereocenters. The average molecular weight is 286 g/mol. The molecule has 1 aliphatic carbocycles. The van der Waals surface area contributed by atoms with Gasteiger partial charge in [0.2, 0.25) is 0 Å². The Bertz CT molecular complexity index is 429. The maximum Gasteiger partial charge on any atom is 0.273 e. The lowest BCUT2D eigenvalue weighted by atomic mass is 10.2. The molecule has 2 rings (SSSR count). The fourth-order valence-electron chi connectivity index (χ4n) is 1.45. The summed E-state index contributed by atoms with van der Waals surface area (Å²) in [6.07, 6.45) is 2.45. The second-order valence-corrected chi connectivity index (χ2v) is 4.83. The van der Waals surface area contributed by atoms with E-state index in [1.165, 1.54) is 18.9 Å². The first-order chi connectivity index (χ1) is 7.59. The third kappa shape index (κ3) is 2.35. The van der Waals surface area contributed by atoms with Gasteiger partial charge in [0.15, 0.2) is 0 Å². The number of hydrogen-bond donors (Lipinski definition) is 0. The summed E-state index contributed by atoms with van der Waals surface area (Å²) in [4.78, 5) is 10.3. The first-order valence-electron chi connectivity index (χ1n) is 5.16. The normalized spacial score (nSPS) is 14.9. The predicted octanol–water partition coefficient (Wildman–Crippen LogP) is 3.45. The van der Waals surface area contributed by atoms with Gasteiger partial charge in [-0.25, -0.2) is 0 Å². The Morgan fingerprint density at radius 3 is 2.81 bits per heavy atom. The van der Waals surface area contributed by atoms with Crippen LogP contribution in [0.5, 0.6) is 5.75 Å². The van der Waals surface area contributed by atoms with Crippen molar-refractivity contribution >= 4 is 21.6 Å². The van der Waals surface area contributed by atoms with E-state index in [2.05, 4.69) is 15.9 Å². The smallest absolute Gasteiger partial charge is 0.273 e. The molecular weight excluding hydrogens is 274 g/mol. The molecule has 0 N–H and O–H groups in total. The number of ether oxygens (including phenoxy) is 1. The second kappa shape index (κ2) is 4.41. The van der Waals surface area contributed by atoms with Crippen molar-refractivity contribution in [2.24, 2.45) is 5.92 Å². The summed E-state index contributed by atoms with van der Waals surface area (Å²) in [5.74, 6) is 1.36. The van der Waals surface area contributed by atoms with Gasteiger partial charge in [-0.05, 0) is 47.7 Å². The van der Waals surface area contributed by atoms with E-state index in [9.17, 15) is 10.1 Å². The monoisotopic (exact) mass is 285 g/mol.